The molecule has 18 heavy (non-hydrogen) atoms. The van der Waals surface area contributed by atoms with Crippen LogP contribution in [0.15, 0.2) is 18.3 Å². The number of pyridine rings is 1. The van der Waals surface area contributed by atoms with Gasteiger partial charge in [-0.05, 0) is 18.7 Å². The summed E-state index contributed by atoms with van der Waals surface area (Å²) in [5, 5.41) is 8.56. The fourth-order valence-corrected chi connectivity index (χ4v) is 1.54. The van der Waals surface area contributed by atoms with E-state index in [0.717, 1.165) is 18.8 Å². The van der Waals surface area contributed by atoms with Gasteiger partial charge in [0.05, 0.1) is 24.4 Å². The number of methoxy groups -OCH3 is 1. The minimum atomic E-state index is -0.383. The molecule has 0 bridgehead atoms. The van der Waals surface area contributed by atoms with Gasteiger partial charge in [0.2, 0.25) is 0 Å². The van der Waals surface area contributed by atoms with E-state index in [1.807, 2.05) is 6.92 Å². The largest absolute Gasteiger partial charge is 0.465 e. The van der Waals surface area contributed by atoms with Crippen molar-refractivity contribution in [3.05, 3.63) is 29.6 Å². The van der Waals surface area contributed by atoms with E-state index >= 15 is 0 Å². The second-order valence-electron chi connectivity index (χ2n) is 3.81. The average Bonchev–Trinajstić information content (AvgIpc) is 2.43. The number of ether oxygens (including phenoxy) is 1. The van der Waals surface area contributed by atoms with Gasteiger partial charge in [-0.2, -0.15) is 5.26 Å². The second kappa shape index (κ2) is 7.41. The topological polar surface area (TPSA) is 66.2 Å². The molecule has 0 atom stereocenters. The van der Waals surface area contributed by atoms with Crippen LogP contribution in [0.4, 0.5) is 0 Å². The lowest BCUT2D eigenvalue weighted by atomic mass is 10.2. The molecule has 0 saturated carbocycles. The summed E-state index contributed by atoms with van der Waals surface area (Å²) in [5.74, 6) is -0.383. The molecule has 0 saturated heterocycles. The number of nitriles is 1. The molecule has 0 radical (unpaired) electrons. The number of rotatable bonds is 6. The third-order valence-corrected chi connectivity index (χ3v) is 2.62. The van der Waals surface area contributed by atoms with Crippen molar-refractivity contribution in [3.63, 3.8) is 0 Å². The van der Waals surface area contributed by atoms with Crippen LogP contribution in [0, 0.1) is 11.3 Å². The molecular formula is C13H17N3O2. The van der Waals surface area contributed by atoms with Crippen LogP contribution in [0.5, 0.6) is 0 Å². The highest BCUT2D eigenvalue weighted by Gasteiger charge is 2.07. The first kappa shape index (κ1) is 14.1. The zero-order valence-corrected chi connectivity index (χ0v) is 10.7. The van der Waals surface area contributed by atoms with Gasteiger partial charge in [0, 0.05) is 25.7 Å². The highest BCUT2D eigenvalue weighted by molar-refractivity contribution is 5.88. The molecule has 0 spiro atoms. The standard InChI is InChI=1S/C13H17N3O2/c1-3-16(8-4-7-14)10-12-6-5-11(9-15-12)13(17)18-2/h5-6,9H,3-4,8,10H2,1-2H3. The van der Waals surface area contributed by atoms with Crippen LogP contribution in [0.1, 0.15) is 29.4 Å². The molecule has 5 heteroatoms. The third kappa shape index (κ3) is 4.15. The van der Waals surface area contributed by atoms with Crippen molar-refractivity contribution in [3.8, 4) is 6.07 Å². The first-order valence-electron chi connectivity index (χ1n) is 5.83. The first-order valence-corrected chi connectivity index (χ1v) is 5.83. The molecule has 96 valence electrons. The summed E-state index contributed by atoms with van der Waals surface area (Å²) in [6.45, 7) is 4.31. The Morgan fingerprint density at radius 3 is 2.83 bits per heavy atom. The minimum absolute atomic E-state index is 0.383. The zero-order valence-electron chi connectivity index (χ0n) is 10.7. The minimum Gasteiger partial charge on any atom is -0.465 e. The van der Waals surface area contributed by atoms with Crippen molar-refractivity contribution in [2.75, 3.05) is 20.2 Å². The predicted octanol–water partition coefficient (Wildman–Crippen LogP) is 1.60. The quantitative estimate of drug-likeness (QED) is 0.714. The summed E-state index contributed by atoms with van der Waals surface area (Å²) in [4.78, 5) is 17.6. The van der Waals surface area contributed by atoms with Crippen LogP contribution < -0.4 is 0 Å². The Morgan fingerprint density at radius 1 is 1.56 bits per heavy atom. The zero-order chi connectivity index (χ0) is 13.4. The number of hydrogen-bond donors (Lipinski definition) is 0. The van der Waals surface area contributed by atoms with E-state index < -0.39 is 0 Å². The number of hydrogen-bond acceptors (Lipinski definition) is 5. The van der Waals surface area contributed by atoms with Crippen LogP contribution in [-0.2, 0) is 11.3 Å². The summed E-state index contributed by atoms with van der Waals surface area (Å²) < 4.78 is 4.61. The molecule has 0 aliphatic rings. The average molecular weight is 247 g/mol. The molecule has 0 aromatic carbocycles. The fourth-order valence-electron chi connectivity index (χ4n) is 1.54. The monoisotopic (exact) mass is 247 g/mol. The number of carbonyl (C=O) groups excluding carboxylic acids is 1. The van der Waals surface area contributed by atoms with E-state index in [0.29, 0.717) is 18.5 Å². The number of nitrogens with zero attached hydrogens (tertiary/aromatic N) is 3. The lowest BCUT2D eigenvalue weighted by Gasteiger charge is -2.18. The van der Waals surface area contributed by atoms with Gasteiger partial charge in [-0.15, -0.1) is 0 Å². The third-order valence-electron chi connectivity index (χ3n) is 2.62. The van der Waals surface area contributed by atoms with Crippen LogP contribution in [0.3, 0.4) is 0 Å². The Hall–Kier alpha value is -1.93. The van der Waals surface area contributed by atoms with Gasteiger partial charge in [0.25, 0.3) is 0 Å². The molecule has 1 aromatic heterocycles. The SMILES string of the molecule is CCN(CCC#N)Cc1ccc(C(=O)OC)cn1. The van der Waals surface area contributed by atoms with Crippen LogP contribution in [-0.4, -0.2) is 36.1 Å². The van der Waals surface area contributed by atoms with Crippen molar-refractivity contribution in [1.82, 2.24) is 9.88 Å². The highest BCUT2D eigenvalue weighted by Crippen LogP contribution is 2.05. The van der Waals surface area contributed by atoms with E-state index in [1.165, 1.54) is 13.3 Å². The molecule has 0 fully saturated rings. The molecule has 1 aromatic rings. The van der Waals surface area contributed by atoms with Gasteiger partial charge in [0.1, 0.15) is 0 Å². The normalized spacial score (nSPS) is 10.1. The fraction of sp³-hybridized carbons (Fsp3) is 0.462. The lowest BCUT2D eigenvalue weighted by Crippen LogP contribution is -2.24. The summed E-state index contributed by atoms with van der Waals surface area (Å²) in [6.07, 6.45) is 2.02. The van der Waals surface area contributed by atoms with Crippen molar-refractivity contribution in [2.45, 2.75) is 19.9 Å². The Morgan fingerprint density at radius 2 is 2.33 bits per heavy atom. The van der Waals surface area contributed by atoms with Crippen molar-refractivity contribution >= 4 is 5.97 Å². The van der Waals surface area contributed by atoms with Crippen molar-refractivity contribution < 1.29 is 9.53 Å². The molecule has 5 nitrogen and oxygen atoms in total. The van der Waals surface area contributed by atoms with E-state index in [9.17, 15) is 4.79 Å². The molecule has 0 unspecified atom stereocenters. The van der Waals surface area contributed by atoms with Gasteiger partial charge >= 0.3 is 5.97 Å². The van der Waals surface area contributed by atoms with Crippen LogP contribution in [0.25, 0.3) is 0 Å². The van der Waals surface area contributed by atoms with Crippen molar-refractivity contribution in [1.29, 1.82) is 5.26 Å². The first-order chi connectivity index (χ1) is 8.71. The summed E-state index contributed by atoms with van der Waals surface area (Å²) in [6, 6.07) is 5.63. The molecule has 0 aliphatic carbocycles. The molecule has 1 heterocycles. The van der Waals surface area contributed by atoms with Gasteiger partial charge in [-0.3, -0.25) is 9.88 Å². The van der Waals surface area contributed by atoms with E-state index in [4.69, 9.17) is 5.26 Å². The molecule has 1 rings (SSSR count). The van der Waals surface area contributed by atoms with Crippen LogP contribution >= 0.6 is 0 Å². The van der Waals surface area contributed by atoms with E-state index in [1.54, 1.807) is 12.1 Å². The summed E-state index contributed by atoms with van der Waals surface area (Å²) in [7, 11) is 1.34. The summed E-state index contributed by atoms with van der Waals surface area (Å²) >= 11 is 0. The maximum absolute atomic E-state index is 11.2. The summed E-state index contributed by atoms with van der Waals surface area (Å²) in [5.41, 5.74) is 1.32. The Bertz CT molecular complexity index is 423. The smallest absolute Gasteiger partial charge is 0.339 e. The Labute approximate surface area is 107 Å². The lowest BCUT2D eigenvalue weighted by molar-refractivity contribution is 0.0600. The maximum Gasteiger partial charge on any atom is 0.339 e. The Kier molecular flexibility index (Phi) is 5.81. The molecule has 0 amide bonds. The van der Waals surface area contributed by atoms with Crippen LogP contribution in [0.2, 0.25) is 0 Å². The van der Waals surface area contributed by atoms with E-state index in [-0.39, 0.29) is 5.97 Å². The highest BCUT2D eigenvalue weighted by atomic mass is 16.5. The van der Waals surface area contributed by atoms with Crippen molar-refractivity contribution in [2.24, 2.45) is 0 Å². The number of esters is 1. The van der Waals surface area contributed by atoms with E-state index in [2.05, 4.69) is 20.7 Å². The Balaban J connectivity index is 2.62. The molecule has 0 N–H and O–H groups in total. The number of aromatic nitrogens is 1. The van der Waals surface area contributed by atoms with Gasteiger partial charge in [-0.1, -0.05) is 6.92 Å². The van der Waals surface area contributed by atoms with Gasteiger partial charge in [-0.25, -0.2) is 4.79 Å². The van der Waals surface area contributed by atoms with Gasteiger partial charge < -0.3 is 4.74 Å². The maximum atomic E-state index is 11.2. The second-order valence-corrected chi connectivity index (χ2v) is 3.81. The molecular weight excluding hydrogens is 230 g/mol. The molecule has 0 aliphatic heterocycles. The predicted molar refractivity (Wildman–Crippen MR) is 66.8 cm³/mol. The number of carbonyl (C=O) groups is 1. The van der Waals surface area contributed by atoms with Gasteiger partial charge in [0.15, 0.2) is 0 Å².